The summed E-state index contributed by atoms with van der Waals surface area (Å²) in [5.41, 5.74) is 0.181. The van der Waals surface area contributed by atoms with Gasteiger partial charge in [0.2, 0.25) is 0 Å². The lowest BCUT2D eigenvalue weighted by Gasteiger charge is -2.33. The number of hydrogen-bond acceptors (Lipinski definition) is 2. The smallest absolute Gasteiger partial charge is 0.341 e. The number of amides is 1. The van der Waals surface area contributed by atoms with Gasteiger partial charge in [0.1, 0.15) is 5.69 Å². The highest BCUT2D eigenvalue weighted by molar-refractivity contribution is 5.92. The van der Waals surface area contributed by atoms with E-state index < -0.39 is 11.7 Å². The first-order valence-electron chi connectivity index (χ1n) is 7.89. The summed E-state index contributed by atoms with van der Waals surface area (Å²) >= 11 is 0. The average molecular weight is 337 g/mol. The number of aromatic nitrogens is 2. The first kappa shape index (κ1) is 16.5. The minimum absolute atomic E-state index is 0.160. The predicted octanol–water partition coefficient (Wildman–Crippen LogP) is 3.64. The number of aromatic amines is 1. The standard InChI is InChI=1S/C17H18F3N3O/c18-17(19,20)14-5-3-1-2-4-13(14)12-6-8-23(9-7-12)16(24)15-10-21-11-22-15/h2-5,10-12H,1,6-9H2,(H,21,22). The molecule has 1 saturated heterocycles. The van der Waals surface area contributed by atoms with Gasteiger partial charge in [-0.1, -0.05) is 24.3 Å². The van der Waals surface area contributed by atoms with Crippen molar-refractivity contribution in [3.8, 4) is 0 Å². The molecule has 0 saturated carbocycles. The fourth-order valence-electron chi connectivity index (χ4n) is 3.20. The molecule has 1 fully saturated rings. The molecule has 24 heavy (non-hydrogen) atoms. The van der Waals surface area contributed by atoms with Crippen LogP contribution in [-0.4, -0.2) is 40.0 Å². The molecule has 128 valence electrons. The van der Waals surface area contributed by atoms with Crippen LogP contribution >= 0.6 is 0 Å². The van der Waals surface area contributed by atoms with Gasteiger partial charge in [-0.25, -0.2) is 4.98 Å². The summed E-state index contributed by atoms with van der Waals surface area (Å²) in [6.07, 6.45) is 6.14. The Balaban J connectivity index is 1.74. The van der Waals surface area contributed by atoms with E-state index in [0.717, 1.165) is 0 Å². The minimum atomic E-state index is -4.36. The maximum absolute atomic E-state index is 13.3. The number of piperidine rings is 1. The van der Waals surface area contributed by atoms with E-state index in [9.17, 15) is 18.0 Å². The Labute approximate surface area is 137 Å². The van der Waals surface area contributed by atoms with Crippen LogP contribution in [-0.2, 0) is 0 Å². The Morgan fingerprint density at radius 3 is 2.54 bits per heavy atom. The summed E-state index contributed by atoms with van der Waals surface area (Å²) < 4.78 is 39.9. The molecule has 0 spiro atoms. The second-order valence-corrected chi connectivity index (χ2v) is 5.94. The van der Waals surface area contributed by atoms with Crippen LogP contribution in [0, 0.1) is 5.92 Å². The van der Waals surface area contributed by atoms with Crippen molar-refractivity contribution in [1.29, 1.82) is 0 Å². The summed E-state index contributed by atoms with van der Waals surface area (Å²) in [7, 11) is 0. The zero-order valence-corrected chi connectivity index (χ0v) is 13.0. The number of carbonyl (C=O) groups is 1. The maximum atomic E-state index is 13.3. The highest BCUT2D eigenvalue weighted by Crippen LogP contribution is 2.37. The first-order valence-corrected chi connectivity index (χ1v) is 7.89. The van der Waals surface area contributed by atoms with Crippen molar-refractivity contribution in [2.24, 2.45) is 5.92 Å². The molecule has 1 aliphatic heterocycles. The summed E-state index contributed by atoms with van der Waals surface area (Å²) in [6, 6.07) is 0. The van der Waals surface area contributed by atoms with Gasteiger partial charge in [-0.2, -0.15) is 13.2 Å². The molecule has 4 nitrogen and oxygen atoms in total. The Hall–Kier alpha value is -2.31. The third-order valence-corrected chi connectivity index (χ3v) is 4.42. The fraction of sp³-hybridized carbons (Fsp3) is 0.412. The molecule has 1 amide bonds. The quantitative estimate of drug-likeness (QED) is 0.896. The fourth-order valence-corrected chi connectivity index (χ4v) is 3.20. The van der Waals surface area contributed by atoms with Crippen LogP contribution in [0.15, 0.2) is 48.0 Å². The lowest BCUT2D eigenvalue weighted by atomic mass is 9.85. The Morgan fingerprint density at radius 2 is 1.92 bits per heavy atom. The number of alkyl halides is 3. The van der Waals surface area contributed by atoms with E-state index in [1.165, 1.54) is 24.7 Å². The van der Waals surface area contributed by atoms with Gasteiger partial charge in [-0.15, -0.1) is 0 Å². The topological polar surface area (TPSA) is 49.0 Å². The number of imidazole rings is 1. The highest BCUT2D eigenvalue weighted by Gasteiger charge is 2.37. The van der Waals surface area contributed by atoms with Crippen molar-refractivity contribution in [2.75, 3.05) is 13.1 Å². The average Bonchev–Trinajstić information content (AvgIpc) is 2.97. The number of halogens is 3. The maximum Gasteiger partial charge on any atom is 0.416 e. The monoisotopic (exact) mass is 337 g/mol. The van der Waals surface area contributed by atoms with E-state index in [-0.39, 0.29) is 11.8 Å². The van der Waals surface area contributed by atoms with E-state index in [1.54, 1.807) is 17.1 Å². The number of H-pyrrole nitrogens is 1. The Morgan fingerprint density at radius 1 is 1.21 bits per heavy atom. The van der Waals surface area contributed by atoms with Gasteiger partial charge in [-0.3, -0.25) is 4.79 Å². The van der Waals surface area contributed by atoms with Crippen molar-refractivity contribution < 1.29 is 18.0 Å². The SMILES string of the molecule is O=C(c1cnc[nH]1)N1CCC(C2=C(C(F)(F)F)C=CCC=C2)CC1. The molecule has 0 unspecified atom stereocenters. The molecule has 0 aromatic carbocycles. The third kappa shape index (κ3) is 3.44. The van der Waals surface area contributed by atoms with Gasteiger partial charge in [0.25, 0.3) is 5.91 Å². The number of hydrogen-bond donors (Lipinski definition) is 1. The normalized spacial score (nSPS) is 19.7. The number of allylic oxidation sites excluding steroid dienone is 6. The lowest BCUT2D eigenvalue weighted by Crippen LogP contribution is -2.39. The second-order valence-electron chi connectivity index (χ2n) is 5.94. The van der Waals surface area contributed by atoms with Gasteiger partial charge in [0.05, 0.1) is 18.1 Å². The molecule has 0 atom stereocenters. The Bertz CT molecular complexity index is 678. The number of carbonyl (C=O) groups excluding carboxylic acids is 1. The van der Waals surface area contributed by atoms with Crippen LogP contribution in [0.1, 0.15) is 29.8 Å². The van der Waals surface area contributed by atoms with Crippen LogP contribution in [0.5, 0.6) is 0 Å². The zero-order chi connectivity index (χ0) is 17.2. The van der Waals surface area contributed by atoms with E-state index in [1.807, 2.05) is 0 Å². The second kappa shape index (κ2) is 6.67. The summed E-state index contributed by atoms with van der Waals surface area (Å²) in [5.74, 6) is -0.348. The molecule has 2 heterocycles. The number of likely N-dealkylation sites (tertiary alicyclic amines) is 1. The van der Waals surface area contributed by atoms with Crippen molar-refractivity contribution in [3.05, 3.63) is 53.7 Å². The van der Waals surface area contributed by atoms with Crippen molar-refractivity contribution >= 4 is 5.91 Å². The van der Waals surface area contributed by atoms with Gasteiger partial charge in [0.15, 0.2) is 0 Å². The van der Waals surface area contributed by atoms with Gasteiger partial charge in [0, 0.05) is 13.1 Å². The number of nitrogens with zero attached hydrogens (tertiary/aromatic N) is 2. The number of nitrogens with one attached hydrogen (secondary N) is 1. The molecule has 3 rings (SSSR count). The van der Waals surface area contributed by atoms with Crippen LogP contribution in [0.3, 0.4) is 0 Å². The van der Waals surface area contributed by atoms with Gasteiger partial charge >= 0.3 is 6.18 Å². The Kier molecular flexibility index (Phi) is 4.59. The van der Waals surface area contributed by atoms with E-state index in [2.05, 4.69) is 9.97 Å². The third-order valence-electron chi connectivity index (χ3n) is 4.42. The van der Waals surface area contributed by atoms with Crippen LogP contribution < -0.4 is 0 Å². The molecular formula is C17H18F3N3O. The largest absolute Gasteiger partial charge is 0.416 e. The lowest BCUT2D eigenvalue weighted by molar-refractivity contribution is -0.0893. The zero-order valence-electron chi connectivity index (χ0n) is 13.0. The van der Waals surface area contributed by atoms with E-state index >= 15 is 0 Å². The van der Waals surface area contributed by atoms with Crippen molar-refractivity contribution in [2.45, 2.75) is 25.4 Å². The molecule has 2 aliphatic rings. The minimum Gasteiger partial charge on any atom is -0.341 e. The van der Waals surface area contributed by atoms with Crippen LogP contribution in [0.4, 0.5) is 13.2 Å². The van der Waals surface area contributed by atoms with Gasteiger partial charge < -0.3 is 9.88 Å². The molecule has 1 aromatic heterocycles. The molecule has 0 radical (unpaired) electrons. The summed E-state index contributed by atoms with van der Waals surface area (Å²) in [4.78, 5) is 20.5. The number of rotatable bonds is 2. The summed E-state index contributed by atoms with van der Waals surface area (Å²) in [6.45, 7) is 0.878. The van der Waals surface area contributed by atoms with Crippen molar-refractivity contribution in [1.82, 2.24) is 14.9 Å². The molecule has 1 N–H and O–H groups in total. The molecule has 1 aromatic rings. The molecular weight excluding hydrogens is 319 g/mol. The highest BCUT2D eigenvalue weighted by atomic mass is 19.4. The van der Waals surface area contributed by atoms with Crippen LogP contribution in [0.2, 0.25) is 0 Å². The van der Waals surface area contributed by atoms with Gasteiger partial charge in [-0.05, 0) is 30.8 Å². The molecule has 0 bridgehead atoms. The predicted molar refractivity (Wildman–Crippen MR) is 83.2 cm³/mol. The first-order chi connectivity index (χ1) is 11.5. The van der Waals surface area contributed by atoms with E-state index in [4.69, 9.17) is 0 Å². The summed E-state index contributed by atoms with van der Waals surface area (Å²) in [5, 5.41) is 0. The van der Waals surface area contributed by atoms with E-state index in [0.29, 0.717) is 43.6 Å². The van der Waals surface area contributed by atoms with Crippen molar-refractivity contribution in [3.63, 3.8) is 0 Å². The van der Waals surface area contributed by atoms with Crippen LogP contribution in [0.25, 0.3) is 0 Å². The molecule has 7 heteroatoms. The molecule has 1 aliphatic carbocycles.